The average Bonchev–Trinajstić information content (AvgIpc) is 3.18. The highest BCUT2D eigenvalue weighted by molar-refractivity contribution is 5.96. The first kappa shape index (κ1) is 20.0. The van der Waals surface area contributed by atoms with E-state index in [-0.39, 0.29) is 11.7 Å². The van der Waals surface area contributed by atoms with Gasteiger partial charge in [0.05, 0.1) is 13.4 Å². The maximum Gasteiger partial charge on any atom is 0.329 e. The molecule has 27 heavy (non-hydrogen) atoms. The Bertz CT molecular complexity index is 785. The van der Waals surface area contributed by atoms with E-state index in [0.29, 0.717) is 11.4 Å². The lowest BCUT2D eigenvalue weighted by molar-refractivity contribution is -0.150. The fraction of sp³-hybridized carbons (Fsp3) is 0.316. The summed E-state index contributed by atoms with van der Waals surface area (Å²) in [6.07, 6.45) is 1.36. The molecule has 0 saturated carbocycles. The van der Waals surface area contributed by atoms with Crippen LogP contribution in [0.5, 0.6) is 5.75 Å². The number of anilines is 1. The van der Waals surface area contributed by atoms with Crippen LogP contribution in [-0.4, -0.2) is 37.5 Å². The topological polar surface area (TPSA) is 107 Å². The molecule has 2 amide bonds. The second-order valence-corrected chi connectivity index (χ2v) is 6.06. The van der Waals surface area contributed by atoms with Crippen LogP contribution in [0, 0.1) is 5.92 Å². The van der Waals surface area contributed by atoms with Gasteiger partial charge in [0.25, 0.3) is 11.8 Å². The molecule has 0 spiro atoms. The van der Waals surface area contributed by atoms with Gasteiger partial charge in [0.15, 0.2) is 12.4 Å². The summed E-state index contributed by atoms with van der Waals surface area (Å²) < 4.78 is 15.1. The van der Waals surface area contributed by atoms with Gasteiger partial charge in [-0.3, -0.25) is 9.59 Å². The van der Waals surface area contributed by atoms with E-state index in [1.54, 1.807) is 44.2 Å². The largest absolute Gasteiger partial charge is 0.497 e. The molecule has 0 aliphatic rings. The molecule has 8 nitrogen and oxygen atoms in total. The number of methoxy groups -OCH3 is 1. The van der Waals surface area contributed by atoms with Gasteiger partial charge in [-0.15, -0.1) is 0 Å². The summed E-state index contributed by atoms with van der Waals surface area (Å²) in [7, 11) is 1.52. The number of ether oxygens (including phenoxy) is 2. The van der Waals surface area contributed by atoms with E-state index in [1.165, 1.54) is 19.4 Å². The molecule has 1 aromatic heterocycles. The van der Waals surface area contributed by atoms with Crippen molar-refractivity contribution in [3.05, 3.63) is 48.4 Å². The van der Waals surface area contributed by atoms with Gasteiger partial charge in [-0.1, -0.05) is 19.9 Å². The Hall–Kier alpha value is -3.29. The first-order chi connectivity index (χ1) is 12.9. The van der Waals surface area contributed by atoms with Crippen LogP contribution in [0.25, 0.3) is 0 Å². The number of hydrogen-bond acceptors (Lipinski definition) is 6. The Labute approximate surface area is 156 Å². The van der Waals surface area contributed by atoms with E-state index in [1.807, 2.05) is 0 Å². The number of benzene rings is 1. The average molecular weight is 374 g/mol. The molecule has 144 valence electrons. The molecular formula is C19H22N2O6. The SMILES string of the molecule is COc1cccc(NC(=O)COC(=O)[C@H](NC(=O)c2ccco2)C(C)C)c1. The summed E-state index contributed by atoms with van der Waals surface area (Å²) >= 11 is 0. The molecule has 0 radical (unpaired) electrons. The minimum atomic E-state index is -0.910. The third kappa shape index (κ3) is 5.88. The van der Waals surface area contributed by atoms with E-state index < -0.39 is 30.4 Å². The monoisotopic (exact) mass is 374 g/mol. The van der Waals surface area contributed by atoms with Crippen molar-refractivity contribution < 1.29 is 28.3 Å². The molecule has 0 saturated heterocycles. The molecule has 8 heteroatoms. The van der Waals surface area contributed by atoms with Crippen LogP contribution in [0.1, 0.15) is 24.4 Å². The lowest BCUT2D eigenvalue weighted by atomic mass is 10.0. The minimum absolute atomic E-state index is 0.0872. The molecule has 0 aliphatic carbocycles. The Morgan fingerprint density at radius 3 is 2.56 bits per heavy atom. The zero-order chi connectivity index (χ0) is 19.8. The highest BCUT2D eigenvalue weighted by atomic mass is 16.5. The van der Waals surface area contributed by atoms with Gasteiger partial charge in [-0.25, -0.2) is 4.79 Å². The number of carbonyl (C=O) groups is 3. The molecule has 0 bridgehead atoms. The molecule has 2 aromatic rings. The van der Waals surface area contributed by atoms with Crippen molar-refractivity contribution in [2.45, 2.75) is 19.9 Å². The molecule has 0 fully saturated rings. The van der Waals surface area contributed by atoms with Crippen molar-refractivity contribution in [1.82, 2.24) is 5.32 Å². The second kappa shape index (κ2) is 9.42. The molecular weight excluding hydrogens is 352 g/mol. The lowest BCUT2D eigenvalue weighted by Gasteiger charge is -2.20. The van der Waals surface area contributed by atoms with Crippen molar-refractivity contribution in [3.8, 4) is 5.75 Å². The summed E-state index contributed by atoms with van der Waals surface area (Å²) in [6.45, 7) is 3.03. The highest BCUT2D eigenvalue weighted by Crippen LogP contribution is 2.16. The number of esters is 1. The van der Waals surface area contributed by atoms with Crippen LogP contribution in [0.3, 0.4) is 0 Å². The van der Waals surface area contributed by atoms with Gasteiger partial charge < -0.3 is 24.5 Å². The van der Waals surface area contributed by atoms with Gasteiger partial charge in [-0.2, -0.15) is 0 Å². The Balaban J connectivity index is 1.89. The summed E-state index contributed by atoms with van der Waals surface area (Å²) in [4.78, 5) is 36.3. The zero-order valence-corrected chi connectivity index (χ0v) is 15.4. The first-order valence-electron chi connectivity index (χ1n) is 8.35. The molecule has 1 heterocycles. The third-order valence-electron chi connectivity index (χ3n) is 3.65. The molecule has 2 N–H and O–H groups in total. The van der Waals surface area contributed by atoms with Crippen LogP contribution in [-0.2, 0) is 14.3 Å². The molecule has 1 atom stereocenters. The fourth-order valence-electron chi connectivity index (χ4n) is 2.24. The normalized spacial score (nSPS) is 11.6. The van der Waals surface area contributed by atoms with E-state index in [0.717, 1.165) is 0 Å². The smallest absolute Gasteiger partial charge is 0.329 e. The second-order valence-electron chi connectivity index (χ2n) is 6.06. The van der Waals surface area contributed by atoms with E-state index in [9.17, 15) is 14.4 Å². The van der Waals surface area contributed by atoms with Crippen molar-refractivity contribution in [2.24, 2.45) is 5.92 Å². The number of rotatable bonds is 8. The summed E-state index contributed by atoms with van der Waals surface area (Å²) in [5.41, 5.74) is 0.516. The van der Waals surface area contributed by atoms with Crippen LogP contribution in [0.2, 0.25) is 0 Å². The first-order valence-corrected chi connectivity index (χ1v) is 8.35. The van der Waals surface area contributed by atoms with Gasteiger partial charge in [-0.05, 0) is 30.2 Å². The van der Waals surface area contributed by atoms with Crippen molar-refractivity contribution >= 4 is 23.5 Å². The molecule has 0 aliphatic heterocycles. The van der Waals surface area contributed by atoms with E-state index in [4.69, 9.17) is 13.9 Å². The van der Waals surface area contributed by atoms with Crippen LogP contribution in [0.4, 0.5) is 5.69 Å². The molecule has 1 aromatic carbocycles. The lowest BCUT2D eigenvalue weighted by Crippen LogP contribution is -2.45. The summed E-state index contributed by atoms with van der Waals surface area (Å²) in [6, 6.07) is 8.93. The minimum Gasteiger partial charge on any atom is -0.497 e. The molecule has 0 unspecified atom stereocenters. The van der Waals surface area contributed by atoms with E-state index in [2.05, 4.69) is 10.6 Å². The summed E-state index contributed by atoms with van der Waals surface area (Å²) in [5.74, 6) is -1.30. The van der Waals surface area contributed by atoms with Crippen LogP contribution < -0.4 is 15.4 Å². The fourth-order valence-corrected chi connectivity index (χ4v) is 2.24. The number of hydrogen-bond donors (Lipinski definition) is 2. The number of amides is 2. The van der Waals surface area contributed by atoms with Gasteiger partial charge >= 0.3 is 5.97 Å². The number of carbonyl (C=O) groups excluding carboxylic acids is 3. The Morgan fingerprint density at radius 1 is 1.15 bits per heavy atom. The highest BCUT2D eigenvalue weighted by Gasteiger charge is 2.27. The standard InChI is InChI=1S/C19H22N2O6/c1-12(2)17(21-18(23)15-8-5-9-26-15)19(24)27-11-16(22)20-13-6-4-7-14(10-13)25-3/h4-10,12,17H,11H2,1-3H3,(H,20,22)(H,21,23)/t17-/m1/s1. The van der Waals surface area contributed by atoms with Crippen molar-refractivity contribution in [3.63, 3.8) is 0 Å². The van der Waals surface area contributed by atoms with Crippen LogP contribution in [0.15, 0.2) is 47.1 Å². The van der Waals surface area contributed by atoms with Gasteiger partial charge in [0.2, 0.25) is 0 Å². The Morgan fingerprint density at radius 2 is 1.93 bits per heavy atom. The maximum atomic E-state index is 12.3. The number of furan rings is 1. The maximum absolute atomic E-state index is 12.3. The zero-order valence-electron chi connectivity index (χ0n) is 15.4. The predicted molar refractivity (Wildman–Crippen MR) is 97.4 cm³/mol. The molecule has 2 rings (SSSR count). The summed E-state index contributed by atoms with van der Waals surface area (Å²) in [5, 5.41) is 5.16. The quantitative estimate of drug-likeness (QED) is 0.686. The predicted octanol–water partition coefficient (Wildman–Crippen LogP) is 2.22. The van der Waals surface area contributed by atoms with Crippen LogP contribution >= 0.6 is 0 Å². The van der Waals surface area contributed by atoms with Crippen molar-refractivity contribution in [2.75, 3.05) is 19.0 Å². The van der Waals surface area contributed by atoms with Gasteiger partial charge in [0.1, 0.15) is 11.8 Å². The van der Waals surface area contributed by atoms with Crippen molar-refractivity contribution in [1.29, 1.82) is 0 Å². The Kier molecular flexibility index (Phi) is 6.99. The third-order valence-corrected chi connectivity index (χ3v) is 3.65. The van der Waals surface area contributed by atoms with Gasteiger partial charge in [0, 0.05) is 11.8 Å². The number of nitrogens with one attached hydrogen (secondary N) is 2. The van der Waals surface area contributed by atoms with E-state index >= 15 is 0 Å².